The third-order valence-electron chi connectivity index (χ3n) is 4.39. The first-order valence-electron chi connectivity index (χ1n) is 7.19. The number of benzene rings is 1. The Balaban J connectivity index is 1.88. The zero-order valence-corrected chi connectivity index (χ0v) is 11.6. The number of aliphatic carboxylic acids is 1. The standard InChI is InChI=1S/C16H19NO3/c1-10(18)17-7-6-13-8-12(4-5-15(13)17)14(9-16(19)20)11-2-3-11/h4-5,8,11,14H,2-3,6-7,9H2,1H3,(H,19,20). The lowest BCUT2D eigenvalue weighted by Crippen LogP contribution is -2.25. The van der Waals surface area contributed by atoms with E-state index in [1.54, 1.807) is 11.8 Å². The molecular formula is C16H19NO3. The minimum absolute atomic E-state index is 0.0702. The van der Waals surface area contributed by atoms with Crippen molar-refractivity contribution < 1.29 is 14.7 Å². The molecule has 0 radical (unpaired) electrons. The van der Waals surface area contributed by atoms with Gasteiger partial charge in [-0.25, -0.2) is 0 Å². The molecule has 1 aromatic rings. The predicted molar refractivity (Wildman–Crippen MR) is 75.9 cm³/mol. The lowest BCUT2D eigenvalue weighted by Gasteiger charge is -2.18. The van der Waals surface area contributed by atoms with Gasteiger partial charge in [0.1, 0.15) is 0 Å². The minimum Gasteiger partial charge on any atom is -0.481 e. The van der Waals surface area contributed by atoms with E-state index in [1.807, 2.05) is 12.1 Å². The molecular weight excluding hydrogens is 254 g/mol. The Hall–Kier alpha value is -1.84. The molecule has 1 atom stereocenters. The van der Waals surface area contributed by atoms with Crippen molar-refractivity contribution >= 4 is 17.6 Å². The lowest BCUT2D eigenvalue weighted by atomic mass is 9.89. The number of carbonyl (C=O) groups is 2. The molecule has 3 rings (SSSR count). The summed E-state index contributed by atoms with van der Waals surface area (Å²) in [6, 6.07) is 6.10. The molecule has 4 nitrogen and oxygen atoms in total. The van der Waals surface area contributed by atoms with Crippen molar-refractivity contribution in [2.45, 2.75) is 38.5 Å². The van der Waals surface area contributed by atoms with Gasteiger partial charge in [-0.3, -0.25) is 9.59 Å². The van der Waals surface area contributed by atoms with Gasteiger partial charge in [0.05, 0.1) is 6.42 Å². The summed E-state index contributed by atoms with van der Waals surface area (Å²) in [7, 11) is 0. The Morgan fingerprint density at radius 1 is 1.40 bits per heavy atom. The van der Waals surface area contributed by atoms with Crippen molar-refractivity contribution in [1.29, 1.82) is 0 Å². The van der Waals surface area contributed by atoms with E-state index in [0.717, 1.165) is 37.1 Å². The fourth-order valence-corrected chi connectivity index (χ4v) is 3.22. The van der Waals surface area contributed by atoms with Gasteiger partial charge in [-0.05, 0) is 48.3 Å². The maximum atomic E-state index is 11.5. The van der Waals surface area contributed by atoms with Crippen LogP contribution in [0.1, 0.15) is 43.2 Å². The van der Waals surface area contributed by atoms with E-state index < -0.39 is 5.97 Å². The maximum absolute atomic E-state index is 11.5. The highest BCUT2D eigenvalue weighted by molar-refractivity contribution is 5.93. The molecule has 1 N–H and O–H groups in total. The van der Waals surface area contributed by atoms with E-state index in [1.165, 1.54) is 5.56 Å². The van der Waals surface area contributed by atoms with Gasteiger partial charge >= 0.3 is 5.97 Å². The number of amides is 1. The van der Waals surface area contributed by atoms with Crippen LogP contribution in [0.3, 0.4) is 0 Å². The molecule has 106 valence electrons. The van der Waals surface area contributed by atoms with E-state index in [2.05, 4.69) is 6.07 Å². The number of nitrogens with zero attached hydrogens (tertiary/aromatic N) is 1. The number of anilines is 1. The molecule has 1 saturated carbocycles. The normalized spacial score (nSPS) is 18.8. The number of carbonyl (C=O) groups excluding carboxylic acids is 1. The van der Waals surface area contributed by atoms with E-state index >= 15 is 0 Å². The van der Waals surface area contributed by atoms with Crippen LogP contribution in [0.25, 0.3) is 0 Å². The second-order valence-electron chi connectivity index (χ2n) is 5.85. The van der Waals surface area contributed by atoms with Gasteiger partial charge in [-0.15, -0.1) is 0 Å². The summed E-state index contributed by atoms with van der Waals surface area (Å²) in [5.41, 5.74) is 3.29. The SMILES string of the molecule is CC(=O)N1CCc2cc(C(CC(=O)O)C3CC3)ccc21. The molecule has 1 heterocycles. The first-order chi connectivity index (χ1) is 9.56. The van der Waals surface area contributed by atoms with Crippen LogP contribution in [0.5, 0.6) is 0 Å². The summed E-state index contributed by atoms with van der Waals surface area (Å²) in [4.78, 5) is 24.4. The molecule has 4 heteroatoms. The molecule has 1 aliphatic heterocycles. The van der Waals surface area contributed by atoms with Gasteiger partial charge in [0.25, 0.3) is 0 Å². The summed E-state index contributed by atoms with van der Waals surface area (Å²) in [6.07, 6.45) is 3.34. The summed E-state index contributed by atoms with van der Waals surface area (Å²) in [5.74, 6) is -0.00724. The predicted octanol–water partition coefficient (Wildman–Crippen LogP) is 2.56. The van der Waals surface area contributed by atoms with Crippen molar-refractivity contribution in [1.82, 2.24) is 0 Å². The summed E-state index contributed by atoms with van der Waals surface area (Å²) >= 11 is 0. The van der Waals surface area contributed by atoms with Gasteiger partial charge in [-0.1, -0.05) is 12.1 Å². The molecule has 1 unspecified atom stereocenters. The van der Waals surface area contributed by atoms with Crippen LogP contribution in [0, 0.1) is 5.92 Å². The average Bonchev–Trinajstić information content (AvgIpc) is 3.13. The molecule has 1 aromatic carbocycles. The fourth-order valence-electron chi connectivity index (χ4n) is 3.22. The third-order valence-corrected chi connectivity index (χ3v) is 4.39. The molecule has 2 aliphatic rings. The largest absolute Gasteiger partial charge is 0.481 e. The van der Waals surface area contributed by atoms with Gasteiger partial charge in [0.2, 0.25) is 5.91 Å². The van der Waals surface area contributed by atoms with E-state index in [4.69, 9.17) is 5.11 Å². The van der Waals surface area contributed by atoms with Crippen LogP contribution < -0.4 is 4.90 Å². The van der Waals surface area contributed by atoms with Crippen LogP contribution in [0.4, 0.5) is 5.69 Å². The van der Waals surface area contributed by atoms with Gasteiger partial charge in [-0.2, -0.15) is 0 Å². The average molecular weight is 273 g/mol. The van der Waals surface area contributed by atoms with E-state index in [-0.39, 0.29) is 18.2 Å². The summed E-state index contributed by atoms with van der Waals surface area (Å²) in [5, 5.41) is 9.08. The quantitative estimate of drug-likeness (QED) is 0.917. The van der Waals surface area contributed by atoms with Crippen LogP contribution in [-0.2, 0) is 16.0 Å². The Morgan fingerprint density at radius 3 is 2.75 bits per heavy atom. The summed E-state index contributed by atoms with van der Waals surface area (Å²) in [6.45, 7) is 2.32. The molecule has 0 aromatic heterocycles. The lowest BCUT2D eigenvalue weighted by molar-refractivity contribution is -0.137. The van der Waals surface area contributed by atoms with Crippen LogP contribution in [0.15, 0.2) is 18.2 Å². The first-order valence-corrected chi connectivity index (χ1v) is 7.19. The highest BCUT2D eigenvalue weighted by Gasteiger charge is 2.34. The molecule has 20 heavy (non-hydrogen) atoms. The van der Waals surface area contributed by atoms with Crippen molar-refractivity contribution in [2.24, 2.45) is 5.92 Å². The molecule has 1 aliphatic carbocycles. The minimum atomic E-state index is -0.729. The molecule has 1 fully saturated rings. The van der Waals surface area contributed by atoms with Gasteiger partial charge in [0.15, 0.2) is 0 Å². The number of carboxylic acids is 1. The molecule has 0 spiro atoms. The van der Waals surface area contributed by atoms with Crippen LogP contribution >= 0.6 is 0 Å². The molecule has 0 bridgehead atoms. The zero-order chi connectivity index (χ0) is 14.3. The first kappa shape index (κ1) is 13.2. The van der Waals surface area contributed by atoms with Crippen molar-refractivity contribution in [2.75, 3.05) is 11.4 Å². The second kappa shape index (κ2) is 4.93. The number of rotatable bonds is 4. The number of carboxylic acid groups (broad SMARTS) is 1. The maximum Gasteiger partial charge on any atom is 0.303 e. The van der Waals surface area contributed by atoms with Gasteiger partial charge < -0.3 is 10.0 Å². The van der Waals surface area contributed by atoms with E-state index in [0.29, 0.717) is 5.92 Å². The molecule has 0 saturated heterocycles. The monoisotopic (exact) mass is 273 g/mol. The topological polar surface area (TPSA) is 57.6 Å². The fraction of sp³-hybridized carbons (Fsp3) is 0.500. The Labute approximate surface area is 118 Å². The van der Waals surface area contributed by atoms with Crippen LogP contribution in [0.2, 0.25) is 0 Å². The van der Waals surface area contributed by atoms with Crippen molar-refractivity contribution in [3.05, 3.63) is 29.3 Å². The second-order valence-corrected chi connectivity index (χ2v) is 5.85. The van der Waals surface area contributed by atoms with E-state index in [9.17, 15) is 9.59 Å². The zero-order valence-electron chi connectivity index (χ0n) is 11.6. The third kappa shape index (κ3) is 2.42. The highest BCUT2D eigenvalue weighted by Crippen LogP contribution is 2.45. The number of hydrogen-bond donors (Lipinski definition) is 1. The Morgan fingerprint density at radius 2 is 2.15 bits per heavy atom. The highest BCUT2D eigenvalue weighted by atomic mass is 16.4. The summed E-state index contributed by atoms with van der Waals surface area (Å²) < 4.78 is 0. The number of hydrogen-bond acceptors (Lipinski definition) is 2. The number of fused-ring (bicyclic) bond motifs is 1. The smallest absolute Gasteiger partial charge is 0.303 e. The Bertz CT molecular complexity index is 563. The van der Waals surface area contributed by atoms with Crippen molar-refractivity contribution in [3.63, 3.8) is 0 Å². The Kier molecular flexibility index (Phi) is 3.24. The van der Waals surface area contributed by atoms with Crippen molar-refractivity contribution in [3.8, 4) is 0 Å². The van der Waals surface area contributed by atoms with Crippen LogP contribution in [-0.4, -0.2) is 23.5 Å². The molecule has 1 amide bonds. The van der Waals surface area contributed by atoms with Gasteiger partial charge in [0, 0.05) is 19.2 Å².